The van der Waals surface area contributed by atoms with E-state index in [-0.39, 0.29) is 5.41 Å². The summed E-state index contributed by atoms with van der Waals surface area (Å²) < 4.78 is 43.7. The van der Waals surface area contributed by atoms with Crippen LogP contribution in [0.1, 0.15) is 82.8 Å². The zero-order valence-corrected chi connectivity index (χ0v) is 21.2. The third-order valence-corrected chi connectivity index (χ3v) is 10.7. The van der Waals surface area contributed by atoms with Crippen LogP contribution < -0.4 is 5.32 Å². The first kappa shape index (κ1) is 24.9. The van der Waals surface area contributed by atoms with E-state index in [0.29, 0.717) is 52.8 Å². The average Bonchev–Trinajstić information content (AvgIpc) is 3.13. The lowest BCUT2D eigenvalue weighted by Crippen LogP contribution is -2.54. The van der Waals surface area contributed by atoms with Gasteiger partial charge >= 0.3 is 6.18 Å². The molecule has 1 aromatic rings. The molecule has 4 aliphatic rings. The van der Waals surface area contributed by atoms with Crippen LogP contribution >= 0.6 is 0 Å². The summed E-state index contributed by atoms with van der Waals surface area (Å²) in [7, 11) is 0. The van der Waals surface area contributed by atoms with Crippen LogP contribution in [0.2, 0.25) is 0 Å². The normalized spacial score (nSPS) is 41.8. The summed E-state index contributed by atoms with van der Waals surface area (Å²) >= 11 is 0. The van der Waals surface area contributed by atoms with Crippen LogP contribution in [0, 0.1) is 59.2 Å². The summed E-state index contributed by atoms with van der Waals surface area (Å²) in [6.45, 7) is 5.88. The zero-order valence-electron chi connectivity index (χ0n) is 21.2. The fourth-order valence-electron chi connectivity index (χ4n) is 9.14. The lowest BCUT2D eigenvalue weighted by molar-refractivity contribution is -0.169. The molecule has 3 nitrogen and oxygen atoms in total. The van der Waals surface area contributed by atoms with Gasteiger partial charge in [0.25, 0.3) is 0 Å². The van der Waals surface area contributed by atoms with Gasteiger partial charge in [-0.15, -0.1) is 0 Å². The van der Waals surface area contributed by atoms with Crippen molar-refractivity contribution in [3.8, 4) is 6.07 Å². The molecule has 35 heavy (non-hydrogen) atoms. The minimum absolute atomic E-state index is 0.318. The standard InChI is InChI=1S/C29H39F3N2O/c1-17-14-18(16-33)4-9-25(17)34-26(29(30,31)32)24-8-7-23-22-6-5-19-15-27(2,35)12-10-20(19)21(22)11-13-28(23,24)3/h4,9,14,19-24,26,34-35H,5-8,10-13,15H2,1-3H3/t19-,20+,21-,22-,23+,24-,26?,27-,28+/m1/s1. The average molecular weight is 489 g/mol. The number of anilines is 1. The summed E-state index contributed by atoms with van der Waals surface area (Å²) in [4.78, 5) is 0. The molecule has 2 N–H and O–H groups in total. The Morgan fingerprint density at radius 3 is 2.46 bits per heavy atom. The Morgan fingerprint density at radius 2 is 1.77 bits per heavy atom. The number of halogens is 3. The maximum absolute atomic E-state index is 14.6. The maximum atomic E-state index is 14.6. The number of nitriles is 1. The summed E-state index contributed by atoms with van der Waals surface area (Å²) in [6, 6.07) is 5.35. The van der Waals surface area contributed by atoms with Gasteiger partial charge in [0.15, 0.2) is 0 Å². The van der Waals surface area contributed by atoms with Crippen molar-refractivity contribution in [1.29, 1.82) is 5.26 Å². The van der Waals surface area contributed by atoms with Gasteiger partial charge in [0.1, 0.15) is 6.04 Å². The molecule has 4 fully saturated rings. The first-order chi connectivity index (χ1) is 16.4. The van der Waals surface area contributed by atoms with Gasteiger partial charge in [-0.25, -0.2) is 0 Å². The molecular formula is C29H39F3N2O. The Morgan fingerprint density at radius 1 is 1.03 bits per heavy atom. The summed E-state index contributed by atoms with van der Waals surface area (Å²) in [5.41, 5.74) is 0.741. The molecule has 0 saturated heterocycles. The van der Waals surface area contributed by atoms with Crippen LogP contribution in [0.5, 0.6) is 0 Å². The SMILES string of the molecule is Cc1cc(C#N)ccc1NC([C@H]1CC[C@H]2[C@@H]3CC[C@@H]4C[C@](C)(O)CC[C@@H]4[C@H]3CC[C@]12C)C(F)(F)F. The monoisotopic (exact) mass is 488 g/mol. The molecule has 1 unspecified atom stereocenters. The molecule has 0 spiro atoms. The van der Waals surface area contributed by atoms with E-state index in [1.165, 1.54) is 0 Å². The van der Waals surface area contributed by atoms with Crippen molar-refractivity contribution in [1.82, 2.24) is 0 Å². The Hall–Kier alpha value is -1.74. The third kappa shape index (κ3) is 4.37. The molecule has 0 aromatic heterocycles. The van der Waals surface area contributed by atoms with E-state index in [4.69, 9.17) is 5.26 Å². The van der Waals surface area contributed by atoms with Gasteiger partial charge in [-0.2, -0.15) is 18.4 Å². The lowest BCUT2D eigenvalue weighted by Gasteiger charge is -2.57. The first-order valence-corrected chi connectivity index (χ1v) is 13.5. The second kappa shape index (κ2) is 8.68. The third-order valence-electron chi connectivity index (χ3n) is 10.7. The predicted molar refractivity (Wildman–Crippen MR) is 131 cm³/mol. The van der Waals surface area contributed by atoms with E-state index in [1.807, 2.05) is 6.92 Å². The van der Waals surface area contributed by atoms with Crippen molar-refractivity contribution in [2.75, 3.05) is 5.32 Å². The molecule has 0 radical (unpaired) electrons. The van der Waals surface area contributed by atoms with E-state index in [1.54, 1.807) is 25.1 Å². The van der Waals surface area contributed by atoms with Crippen molar-refractivity contribution in [2.24, 2.45) is 40.9 Å². The number of hydrogen-bond donors (Lipinski definition) is 2. The quantitative estimate of drug-likeness (QED) is 0.472. The molecule has 1 aromatic carbocycles. The van der Waals surface area contributed by atoms with Crippen molar-refractivity contribution in [3.05, 3.63) is 29.3 Å². The number of fused-ring (bicyclic) bond motifs is 5. The summed E-state index contributed by atoms with van der Waals surface area (Å²) in [5.74, 6) is 2.24. The number of rotatable bonds is 3. The highest BCUT2D eigenvalue weighted by molar-refractivity contribution is 5.55. The first-order valence-electron chi connectivity index (χ1n) is 13.5. The van der Waals surface area contributed by atoms with Crippen LogP contribution in [-0.4, -0.2) is 22.9 Å². The van der Waals surface area contributed by atoms with Crippen molar-refractivity contribution < 1.29 is 18.3 Å². The molecule has 0 bridgehead atoms. The fraction of sp³-hybridized carbons (Fsp3) is 0.759. The Balaban J connectivity index is 1.38. The molecule has 0 aliphatic heterocycles. The number of hydrogen-bond acceptors (Lipinski definition) is 3. The second-order valence-electron chi connectivity index (χ2n) is 12.7. The predicted octanol–water partition coefficient (Wildman–Crippen LogP) is 7.23. The minimum Gasteiger partial charge on any atom is -0.390 e. The number of alkyl halides is 3. The van der Waals surface area contributed by atoms with Crippen molar-refractivity contribution in [3.63, 3.8) is 0 Å². The number of benzene rings is 1. The Kier molecular flexibility index (Phi) is 6.18. The molecule has 192 valence electrons. The maximum Gasteiger partial charge on any atom is 0.408 e. The van der Waals surface area contributed by atoms with Crippen LogP contribution in [0.4, 0.5) is 18.9 Å². The molecule has 4 aliphatic carbocycles. The van der Waals surface area contributed by atoms with Crippen molar-refractivity contribution >= 4 is 5.69 Å². The lowest BCUT2D eigenvalue weighted by atomic mass is 9.48. The second-order valence-corrected chi connectivity index (χ2v) is 12.7. The highest BCUT2D eigenvalue weighted by Crippen LogP contribution is 2.66. The highest BCUT2D eigenvalue weighted by atomic mass is 19.4. The molecular weight excluding hydrogens is 449 g/mol. The van der Waals surface area contributed by atoms with Gasteiger partial charge in [-0.05, 0) is 136 Å². The highest BCUT2D eigenvalue weighted by Gasteiger charge is 2.62. The number of aliphatic hydroxyl groups is 1. The molecule has 6 heteroatoms. The molecule has 9 atom stereocenters. The number of aryl methyl sites for hydroxylation is 1. The molecule has 5 rings (SSSR count). The van der Waals surface area contributed by atoms with Gasteiger partial charge in [0, 0.05) is 5.69 Å². The van der Waals surface area contributed by atoms with Crippen molar-refractivity contribution in [2.45, 2.75) is 96.4 Å². The van der Waals surface area contributed by atoms with E-state index < -0.39 is 23.7 Å². The van der Waals surface area contributed by atoms with Crippen LogP contribution in [0.15, 0.2) is 18.2 Å². The minimum atomic E-state index is -4.34. The Bertz CT molecular complexity index is 999. The van der Waals surface area contributed by atoms with Crippen LogP contribution in [0.3, 0.4) is 0 Å². The van der Waals surface area contributed by atoms with E-state index >= 15 is 0 Å². The largest absolute Gasteiger partial charge is 0.408 e. The van der Waals surface area contributed by atoms with E-state index in [2.05, 4.69) is 18.3 Å². The molecule has 0 amide bonds. The summed E-state index contributed by atoms with van der Waals surface area (Å²) in [5, 5.41) is 22.6. The number of nitrogens with zero attached hydrogens (tertiary/aromatic N) is 1. The smallest absolute Gasteiger partial charge is 0.390 e. The van der Waals surface area contributed by atoms with E-state index in [9.17, 15) is 18.3 Å². The number of nitrogens with one attached hydrogen (secondary N) is 1. The molecule has 4 saturated carbocycles. The zero-order chi connectivity index (χ0) is 25.2. The summed E-state index contributed by atoms with van der Waals surface area (Å²) in [6.07, 6.45) is 4.07. The van der Waals surface area contributed by atoms with Gasteiger partial charge < -0.3 is 10.4 Å². The topological polar surface area (TPSA) is 56.0 Å². The van der Waals surface area contributed by atoms with Crippen LogP contribution in [0.25, 0.3) is 0 Å². The molecule has 0 heterocycles. The van der Waals surface area contributed by atoms with Gasteiger partial charge in [0.2, 0.25) is 0 Å². The van der Waals surface area contributed by atoms with Gasteiger partial charge in [-0.3, -0.25) is 0 Å². The van der Waals surface area contributed by atoms with E-state index in [0.717, 1.165) is 51.4 Å². The van der Waals surface area contributed by atoms with Gasteiger partial charge in [0.05, 0.1) is 17.2 Å². The van der Waals surface area contributed by atoms with Gasteiger partial charge in [-0.1, -0.05) is 6.92 Å². The Labute approximate surface area is 207 Å². The van der Waals surface area contributed by atoms with Crippen LogP contribution in [-0.2, 0) is 0 Å². The fourth-order valence-corrected chi connectivity index (χ4v) is 9.14.